The van der Waals surface area contributed by atoms with Crippen LogP contribution in [-0.2, 0) is 19.4 Å². The SMILES string of the molecule is COc1ccc2c(c1)-c1c(cnn1CC(C)N=[N+]=[N-])CC2. The molecule has 1 atom stereocenters. The Morgan fingerprint density at radius 1 is 1.43 bits per heavy atom. The molecule has 0 N–H and O–H groups in total. The van der Waals surface area contributed by atoms with E-state index in [-0.39, 0.29) is 6.04 Å². The fourth-order valence-corrected chi connectivity index (χ4v) is 2.82. The quantitative estimate of drug-likeness (QED) is 0.490. The highest BCUT2D eigenvalue weighted by molar-refractivity contribution is 5.71. The summed E-state index contributed by atoms with van der Waals surface area (Å²) in [7, 11) is 1.67. The molecule has 0 fully saturated rings. The van der Waals surface area contributed by atoms with E-state index in [2.05, 4.69) is 27.3 Å². The second-order valence-corrected chi connectivity index (χ2v) is 5.28. The molecule has 2 aromatic rings. The third kappa shape index (κ3) is 2.45. The lowest BCUT2D eigenvalue weighted by molar-refractivity contribution is 0.414. The van der Waals surface area contributed by atoms with Crippen LogP contribution in [0.4, 0.5) is 0 Å². The number of rotatable bonds is 4. The summed E-state index contributed by atoms with van der Waals surface area (Å²) in [6, 6.07) is 6.04. The highest BCUT2D eigenvalue weighted by atomic mass is 16.5. The average Bonchev–Trinajstić information content (AvgIpc) is 2.90. The van der Waals surface area contributed by atoms with Gasteiger partial charge < -0.3 is 4.74 Å². The molecule has 0 saturated heterocycles. The van der Waals surface area contributed by atoms with Crippen molar-refractivity contribution >= 4 is 0 Å². The molecule has 0 aliphatic heterocycles. The number of hydrogen-bond acceptors (Lipinski definition) is 3. The molecule has 0 saturated carbocycles. The van der Waals surface area contributed by atoms with Crippen molar-refractivity contribution in [2.45, 2.75) is 32.4 Å². The fourth-order valence-electron chi connectivity index (χ4n) is 2.82. The predicted octanol–water partition coefficient (Wildman–Crippen LogP) is 3.36. The Morgan fingerprint density at radius 3 is 3.00 bits per heavy atom. The molecule has 108 valence electrons. The normalized spacial score (nSPS) is 13.8. The molecule has 1 aliphatic rings. The van der Waals surface area contributed by atoms with Crippen LogP contribution in [0.25, 0.3) is 21.7 Å². The van der Waals surface area contributed by atoms with Gasteiger partial charge in [-0.15, -0.1) is 0 Å². The second kappa shape index (κ2) is 5.50. The highest BCUT2D eigenvalue weighted by Gasteiger charge is 2.22. The molecule has 6 heteroatoms. The number of azide groups is 1. The number of fused-ring (bicyclic) bond motifs is 3. The lowest BCUT2D eigenvalue weighted by Crippen LogP contribution is -2.14. The van der Waals surface area contributed by atoms with Gasteiger partial charge >= 0.3 is 0 Å². The Hall–Kier alpha value is -2.46. The van der Waals surface area contributed by atoms with Crippen molar-refractivity contribution in [1.82, 2.24) is 9.78 Å². The summed E-state index contributed by atoms with van der Waals surface area (Å²) in [4.78, 5) is 2.86. The van der Waals surface area contributed by atoms with Crippen molar-refractivity contribution in [2.75, 3.05) is 7.11 Å². The molecule has 3 rings (SSSR count). The molecule has 21 heavy (non-hydrogen) atoms. The van der Waals surface area contributed by atoms with E-state index in [1.165, 1.54) is 16.7 Å². The van der Waals surface area contributed by atoms with E-state index in [4.69, 9.17) is 10.3 Å². The molecule has 1 aromatic heterocycles. The van der Waals surface area contributed by atoms with E-state index in [0.717, 1.165) is 24.3 Å². The van der Waals surface area contributed by atoms with Crippen LogP contribution < -0.4 is 4.74 Å². The third-order valence-electron chi connectivity index (χ3n) is 3.84. The van der Waals surface area contributed by atoms with Gasteiger partial charge in [-0.1, -0.05) is 18.1 Å². The largest absolute Gasteiger partial charge is 0.497 e. The number of aromatic nitrogens is 2. The van der Waals surface area contributed by atoms with Crippen molar-refractivity contribution in [2.24, 2.45) is 5.11 Å². The number of nitrogens with zero attached hydrogens (tertiary/aromatic N) is 5. The number of benzene rings is 1. The molecule has 0 radical (unpaired) electrons. The molecule has 0 spiro atoms. The van der Waals surface area contributed by atoms with Crippen molar-refractivity contribution in [3.8, 4) is 17.0 Å². The lowest BCUT2D eigenvalue weighted by Gasteiger charge is -2.20. The van der Waals surface area contributed by atoms with Gasteiger partial charge in [0.1, 0.15) is 5.75 Å². The molecule has 0 bridgehead atoms. The second-order valence-electron chi connectivity index (χ2n) is 5.28. The molecule has 1 unspecified atom stereocenters. The van der Waals surface area contributed by atoms with Crippen LogP contribution in [0.2, 0.25) is 0 Å². The Morgan fingerprint density at radius 2 is 2.24 bits per heavy atom. The summed E-state index contributed by atoms with van der Waals surface area (Å²) in [6.45, 7) is 2.47. The number of methoxy groups -OCH3 is 1. The van der Waals surface area contributed by atoms with Gasteiger partial charge in [0.05, 0.1) is 25.0 Å². The zero-order valence-corrected chi connectivity index (χ0v) is 12.2. The van der Waals surface area contributed by atoms with E-state index in [1.807, 2.05) is 23.9 Å². The molecule has 1 heterocycles. The van der Waals surface area contributed by atoms with E-state index in [9.17, 15) is 0 Å². The predicted molar refractivity (Wildman–Crippen MR) is 80.2 cm³/mol. The van der Waals surface area contributed by atoms with E-state index >= 15 is 0 Å². The first-order chi connectivity index (χ1) is 10.2. The van der Waals surface area contributed by atoms with Crippen molar-refractivity contribution < 1.29 is 4.74 Å². The summed E-state index contributed by atoms with van der Waals surface area (Å²) in [5.41, 5.74) is 13.4. The fraction of sp³-hybridized carbons (Fsp3) is 0.400. The van der Waals surface area contributed by atoms with Crippen molar-refractivity contribution in [1.29, 1.82) is 0 Å². The van der Waals surface area contributed by atoms with E-state index < -0.39 is 0 Å². The molecular weight excluding hydrogens is 266 g/mol. The van der Waals surface area contributed by atoms with Crippen LogP contribution in [-0.4, -0.2) is 22.9 Å². The van der Waals surface area contributed by atoms with Gasteiger partial charge in [0.15, 0.2) is 0 Å². The summed E-state index contributed by atoms with van der Waals surface area (Å²) in [5, 5.41) is 8.20. The number of hydrogen-bond donors (Lipinski definition) is 0. The monoisotopic (exact) mass is 283 g/mol. The Labute approximate surface area is 123 Å². The van der Waals surface area contributed by atoms with Crippen molar-refractivity contribution in [3.63, 3.8) is 0 Å². The topological polar surface area (TPSA) is 75.8 Å². The average molecular weight is 283 g/mol. The highest BCUT2D eigenvalue weighted by Crippen LogP contribution is 2.35. The Bertz CT molecular complexity index is 715. The molecular formula is C15H17N5O. The smallest absolute Gasteiger partial charge is 0.119 e. The van der Waals surface area contributed by atoms with Crippen LogP contribution in [0.1, 0.15) is 18.1 Å². The van der Waals surface area contributed by atoms with Gasteiger partial charge in [-0.2, -0.15) is 5.10 Å². The summed E-state index contributed by atoms with van der Waals surface area (Å²) < 4.78 is 7.27. The van der Waals surface area contributed by atoms with Crippen LogP contribution in [0.15, 0.2) is 29.5 Å². The van der Waals surface area contributed by atoms with Gasteiger partial charge in [-0.3, -0.25) is 4.68 Å². The zero-order chi connectivity index (χ0) is 14.8. The third-order valence-corrected chi connectivity index (χ3v) is 3.84. The van der Waals surface area contributed by atoms with E-state index in [0.29, 0.717) is 6.54 Å². The van der Waals surface area contributed by atoms with Gasteiger partial charge in [-0.25, -0.2) is 0 Å². The van der Waals surface area contributed by atoms with Crippen molar-refractivity contribution in [3.05, 3.63) is 46.0 Å². The van der Waals surface area contributed by atoms with Crippen LogP contribution in [0, 0.1) is 0 Å². The van der Waals surface area contributed by atoms with Crippen LogP contribution in [0.3, 0.4) is 0 Å². The van der Waals surface area contributed by atoms with Gasteiger partial charge in [0.2, 0.25) is 0 Å². The molecule has 6 nitrogen and oxygen atoms in total. The minimum atomic E-state index is -0.130. The summed E-state index contributed by atoms with van der Waals surface area (Å²) in [6.07, 6.45) is 3.93. The minimum absolute atomic E-state index is 0.130. The van der Waals surface area contributed by atoms with Gasteiger partial charge in [0, 0.05) is 17.0 Å². The maximum absolute atomic E-state index is 8.54. The van der Waals surface area contributed by atoms with Crippen LogP contribution in [0.5, 0.6) is 5.75 Å². The van der Waals surface area contributed by atoms with E-state index in [1.54, 1.807) is 7.11 Å². The first-order valence-corrected chi connectivity index (χ1v) is 6.99. The Kier molecular flexibility index (Phi) is 3.54. The molecule has 1 aliphatic carbocycles. The number of aryl methyl sites for hydroxylation is 2. The standard InChI is InChI=1S/C15H17N5O/c1-10(18-19-16)9-20-15-12(8-17-20)4-3-11-5-6-13(21-2)7-14(11)15/h5-8,10H,3-4,9H2,1-2H3. The lowest BCUT2D eigenvalue weighted by atomic mass is 9.90. The first-order valence-electron chi connectivity index (χ1n) is 6.99. The van der Waals surface area contributed by atoms with Gasteiger partial charge in [-0.05, 0) is 41.6 Å². The maximum atomic E-state index is 8.54. The van der Waals surface area contributed by atoms with Gasteiger partial charge in [0.25, 0.3) is 0 Å². The minimum Gasteiger partial charge on any atom is -0.497 e. The zero-order valence-electron chi connectivity index (χ0n) is 12.2. The number of ether oxygens (including phenoxy) is 1. The maximum Gasteiger partial charge on any atom is 0.119 e. The van der Waals surface area contributed by atoms with Crippen LogP contribution >= 0.6 is 0 Å². The summed E-state index contributed by atoms with van der Waals surface area (Å²) >= 11 is 0. The first kappa shape index (κ1) is 13.5. The Balaban J connectivity index is 2.05. The molecule has 0 amide bonds. The molecule has 1 aromatic carbocycles. The summed E-state index contributed by atoms with van der Waals surface area (Å²) in [5.74, 6) is 0.845.